The van der Waals surface area contributed by atoms with Crippen LogP contribution in [0.1, 0.15) is 23.6 Å². The SMILES string of the molecule is CC(=Cc1ccccc1)C=C1SC(=S)N(CC(=O)Nc2ccc(C)c(C)c2)C1=O. The van der Waals surface area contributed by atoms with Crippen molar-refractivity contribution < 1.29 is 9.59 Å². The molecule has 0 aliphatic carbocycles. The molecule has 0 saturated carbocycles. The fourth-order valence-corrected chi connectivity index (χ4v) is 4.17. The summed E-state index contributed by atoms with van der Waals surface area (Å²) in [4.78, 5) is 27.0. The molecule has 3 rings (SSSR count). The summed E-state index contributed by atoms with van der Waals surface area (Å²) in [5.74, 6) is -0.515. The molecule has 0 unspecified atom stereocenters. The molecule has 0 aromatic heterocycles. The van der Waals surface area contributed by atoms with E-state index in [4.69, 9.17) is 12.2 Å². The molecule has 1 fully saturated rings. The Morgan fingerprint density at radius 2 is 1.86 bits per heavy atom. The molecule has 1 saturated heterocycles. The Morgan fingerprint density at radius 1 is 1.14 bits per heavy atom. The third-order valence-electron chi connectivity index (χ3n) is 4.52. The number of hydrogen-bond acceptors (Lipinski definition) is 4. The van der Waals surface area contributed by atoms with Crippen LogP contribution in [0.5, 0.6) is 0 Å². The van der Waals surface area contributed by atoms with Crippen molar-refractivity contribution in [3.8, 4) is 0 Å². The van der Waals surface area contributed by atoms with Crippen molar-refractivity contribution in [3.63, 3.8) is 0 Å². The normalized spacial score (nSPS) is 15.9. The second kappa shape index (κ2) is 9.20. The number of hydrogen-bond donors (Lipinski definition) is 1. The highest BCUT2D eigenvalue weighted by molar-refractivity contribution is 8.26. The number of thiocarbonyl (C=S) groups is 1. The van der Waals surface area contributed by atoms with Crippen molar-refractivity contribution in [1.29, 1.82) is 0 Å². The summed E-state index contributed by atoms with van der Waals surface area (Å²) >= 11 is 6.55. The molecule has 0 atom stereocenters. The lowest BCUT2D eigenvalue weighted by Crippen LogP contribution is -2.36. The van der Waals surface area contributed by atoms with Crippen molar-refractivity contribution in [3.05, 3.63) is 81.8 Å². The van der Waals surface area contributed by atoms with Gasteiger partial charge in [0.25, 0.3) is 5.91 Å². The second-order valence-electron chi connectivity index (χ2n) is 6.91. The molecular formula is C23H22N2O2S2. The fourth-order valence-electron chi connectivity index (χ4n) is 2.86. The van der Waals surface area contributed by atoms with Crippen LogP contribution in [-0.2, 0) is 9.59 Å². The van der Waals surface area contributed by atoms with Gasteiger partial charge in [0, 0.05) is 5.69 Å². The van der Waals surface area contributed by atoms with Crippen molar-refractivity contribution in [1.82, 2.24) is 4.90 Å². The van der Waals surface area contributed by atoms with E-state index in [1.165, 1.54) is 16.7 Å². The van der Waals surface area contributed by atoms with Crippen LogP contribution in [-0.4, -0.2) is 27.6 Å². The maximum atomic E-state index is 12.7. The van der Waals surface area contributed by atoms with Gasteiger partial charge in [0.1, 0.15) is 10.9 Å². The van der Waals surface area contributed by atoms with E-state index in [9.17, 15) is 9.59 Å². The van der Waals surface area contributed by atoms with Gasteiger partial charge in [-0.2, -0.15) is 0 Å². The van der Waals surface area contributed by atoms with Crippen LogP contribution in [0.15, 0.2) is 65.1 Å². The maximum Gasteiger partial charge on any atom is 0.266 e. The van der Waals surface area contributed by atoms with Crippen LogP contribution in [0.3, 0.4) is 0 Å². The summed E-state index contributed by atoms with van der Waals surface area (Å²) in [6.07, 6.45) is 3.81. The molecule has 0 spiro atoms. The van der Waals surface area contributed by atoms with E-state index in [0.29, 0.717) is 14.9 Å². The molecule has 0 radical (unpaired) electrons. The number of amides is 2. The van der Waals surface area contributed by atoms with E-state index in [0.717, 1.165) is 22.3 Å². The van der Waals surface area contributed by atoms with Crippen LogP contribution in [0.4, 0.5) is 5.69 Å². The van der Waals surface area contributed by atoms with Gasteiger partial charge >= 0.3 is 0 Å². The molecule has 148 valence electrons. The molecule has 1 N–H and O–H groups in total. The lowest BCUT2D eigenvalue weighted by Gasteiger charge is -2.14. The van der Waals surface area contributed by atoms with Crippen LogP contribution in [0.2, 0.25) is 0 Å². The zero-order valence-corrected chi connectivity index (χ0v) is 18.2. The van der Waals surface area contributed by atoms with Crippen LogP contribution in [0, 0.1) is 13.8 Å². The van der Waals surface area contributed by atoms with Crippen LogP contribution >= 0.6 is 24.0 Å². The van der Waals surface area contributed by atoms with E-state index < -0.39 is 0 Å². The molecule has 1 heterocycles. The number of carbonyl (C=O) groups excluding carboxylic acids is 2. The molecule has 0 bridgehead atoms. The van der Waals surface area contributed by atoms with E-state index in [2.05, 4.69) is 5.32 Å². The van der Waals surface area contributed by atoms with Crippen LogP contribution in [0.25, 0.3) is 6.08 Å². The Labute approximate surface area is 180 Å². The first-order chi connectivity index (χ1) is 13.8. The number of allylic oxidation sites excluding steroid dienone is 2. The number of aryl methyl sites for hydroxylation is 2. The van der Waals surface area contributed by atoms with Gasteiger partial charge in [0.05, 0.1) is 4.91 Å². The fraction of sp³-hybridized carbons (Fsp3) is 0.174. The number of anilines is 1. The Kier molecular flexibility index (Phi) is 6.67. The van der Waals surface area contributed by atoms with Gasteiger partial charge in [-0.3, -0.25) is 14.5 Å². The number of nitrogens with zero attached hydrogens (tertiary/aromatic N) is 1. The van der Waals surface area contributed by atoms with Crippen LogP contribution < -0.4 is 5.32 Å². The maximum absolute atomic E-state index is 12.7. The number of benzene rings is 2. The summed E-state index contributed by atoms with van der Waals surface area (Å²) in [7, 11) is 0. The molecule has 2 amide bonds. The molecule has 4 nitrogen and oxygen atoms in total. The molecule has 6 heteroatoms. The zero-order valence-electron chi connectivity index (χ0n) is 16.6. The summed E-state index contributed by atoms with van der Waals surface area (Å²) in [6, 6.07) is 15.6. The molecule has 29 heavy (non-hydrogen) atoms. The first-order valence-corrected chi connectivity index (χ1v) is 10.4. The van der Waals surface area contributed by atoms with Crippen molar-refractivity contribution in [2.75, 3.05) is 11.9 Å². The predicted octanol–water partition coefficient (Wildman–Crippen LogP) is 5.09. The average molecular weight is 423 g/mol. The van der Waals surface area contributed by atoms with Crippen molar-refractivity contribution >= 4 is 51.9 Å². The smallest absolute Gasteiger partial charge is 0.266 e. The summed E-state index contributed by atoms with van der Waals surface area (Å²) in [6.45, 7) is 5.84. The monoisotopic (exact) mass is 422 g/mol. The lowest BCUT2D eigenvalue weighted by molar-refractivity contribution is -0.126. The number of rotatable bonds is 5. The van der Waals surface area contributed by atoms with Crippen molar-refractivity contribution in [2.45, 2.75) is 20.8 Å². The molecule has 2 aromatic carbocycles. The van der Waals surface area contributed by atoms with Gasteiger partial charge in [0.15, 0.2) is 0 Å². The quantitative estimate of drug-likeness (QED) is 0.539. The second-order valence-corrected chi connectivity index (χ2v) is 8.59. The van der Waals surface area contributed by atoms with Gasteiger partial charge in [-0.25, -0.2) is 0 Å². The Bertz CT molecular complexity index is 1030. The predicted molar refractivity (Wildman–Crippen MR) is 125 cm³/mol. The minimum atomic E-state index is -0.276. The summed E-state index contributed by atoms with van der Waals surface area (Å²) < 4.78 is 0.393. The largest absolute Gasteiger partial charge is 0.325 e. The van der Waals surface area contributed by atoms with E-state index in [1.807, 2.05) is 81.5 Å². The van der Waals surface area contributed by atoms with Gasteiger partial charge in [-0.15, -0.1) is 0 Å². The minimum absolute atomic E-state index is 0.101. The molecule has 2 aromatic rings. The number of nitrogens with one attached hydrogen (secondary N) is 1. The third-order valence-corrected chi connectivity index (χ3v) is 5.90. The highest BCUT2D eigenvalue weighted by Gasteiger charge is 2.33. The average Bonchev–Trinajstić information content (AvgIpc) is 2.93. The highest BCUT2D eigenvalue weighted by Crippen LogP contribution is 2.32. The Balaban J connectivity index is 1.67. The minimum Gasteiger partial charge on any atom is -0.325 e. The summed E-state index contributed by atoms with van der Waals surface area (Å²) in [5.41, 5.74) is 4.96. The Hall–Kier alpha value is -2.70. The molecule has 1 aliphatic rings. The number of carbonyl (C=O) groups is 2. The molecule has 1 aliphatic heterocycles. The first-order valence-electron chi connectivity index (χ1n) is 9.19. The summed E-state index contributed by atoms with van der Waals surface area (Å²) in [5, 5.41) is 2.83. The standard InChI is InChI=1S/C23H22N2O2S2/c1-15(11-18-7-5-4-6-8-18)12-20-22(27)25(23(28)29-20)14-21(26)24-19-10-9-16(2)17(3)13-19/h4-13H,14H2,1-3H3,(H,24,26). The van der Waals surface area contributed by atoms with Gasteiger partial charge < -0.3 is 5.32 Å². The van der Waals surface area contributed by atoms with E-state index >= 15 is 0 Å². The third kappa shape index (κ3) is 5.43. The topological polar surface area (TPSA) is 49.4 Å². The van der Waals surface area contributed by atoms with E-state index in [-0.39, 0.29) is 18.4 Å². The Morgan fingerprint density at radius 3 is 2.55 bits per heavy atom. The van der Waals surface area contributed by atoms with E-state index in [1.54, 1.807) is 0 Å². The first kappa shape index (κ1) is 21.0. The zero-order chi connectivity index (χ0) is 21.0. The molecular weight excluding hydrogens is 400 g/mol. The van der Waals surface area contributed by atoms with Gasteiger partial charge in [0.2, 0.25) is 5.91 Å². The highest BCUT2D eigenvalue weighted by atomic mass is 32.2. The van der Waals surface area contributed by atoms with Crippen molar-refractivity contribution in [2.24, 2.45) is 0 Å². The lowest BCUT2D eigenvalue weighted by atomic mass is 10.1. The van der Waals surface area contributed by atoms with Gasteiger partial charge in [-0.1, -0.05) is 66.5 Å². The van der Waals surface area contributed by atoms with Gasteiger partial charge in [-0.05, 0) is 61.2 Å². The number of thioether (sulfide) groups is 1.